The van der Waals surface area contributed by atoms with E-state index in [0.717, 1.165) is 6.54 Å². The Kier molecular flexibility index (Phi) is 3.54. The number of β-amino-alcohol motifs (C(OH)–C–C–N with tert-alkyl or cyclic N) is 1. The standard InChI is InChI=1S/C11H18N2O/c1-8(2)11-9(3)10(6-12)7-13(11)4-5-14/h8,10,14H,4-5,7H2,1-3H3. The summed E-state index contributed by atoms with van der Waals surface area (Å²) in [5.41, 5.74) is 2.42. The highest BCUT2D eigenvalue weighted by Gasteiger charge is 2.29. The predicted molar refractivity (Wildman–Crippen MR) is 55.3 cm³/mol. The van der Waals surface area contributed by atoms with Crippen molar-refractivity contribution in [2.45, 2.75) is 20.8 Å². The van der Waals surface area contributed by atoms with Crippen LogP contribution in [0.15, 0.2) is 11.3 Å². The van der Waals surface area contributed by atoms with Crippen molar-refractivity contribution in [2.24, 2.45) is 11.8 Å². The topological polar surface area (TPSA) is 47.3 Å². The molecule has 0 aliphatic carbocycles. The van der Waals surface area contributed by atoms with Crippen LogP contribution in [0.4, 0.5) is 0 Å². The number of aliphatic hydroxyl groups excluding tert-OH is 1. The van der Waals surface area contributed by atoms with Crippen molar-refractivity contribution < 1.29 is 5.11 Å². The molecule has 1 heterocycles. The number of nitriles is 1. The van der Waals surface area contributed by atoms with E-state index >= 15 is 0 Å². The Balaban J connectivity index is 2.89. The molecule has 1 rings (SSSR count). The number of nitrogens with zero attached hydrogens (tertiary/aromatic N) is 2. The Morgan fingerprint density at radius 3 is 2.71 bits per heavy atom. The van der Waals surface area contributed by atoms with E-state index < -0.39 is 0 Å². The van der Waals surface area contributed by atoms with Crippen molar-refractivity contribution in [1.29, 1.82) is 5.26 Å². The van der Waals surface area contributed by atoms with Gasteiger partial charge >= 0.3 is 0 Å². The first-order valence-corrected chi connectivity index (χ1v) is 5.07. The Bertz CT molecular complexity index is 276. The normalized spacial score (nSPS) is 22.0. The summed E-state index contributed by atoms with van der Waals surface area (Å²) < 4.78 is 0. The predicted octanol–water partition coefficient (Wildman–Crippen LogP) is 1.36. The minimum absolute atomic E-state index is 0.0129. The summed E-state index contributed by atoms with van der Waals surface area (Å²) in [6, 6.07) is 2.31. The van der Waals surface area contributed by atoms with E-state index in [1.807, 2.05) is 6.92 Å². The highest BCUT2D eigenvalue weighted by Crippen LogP contribution is 2.31. The molecule has 14 heavy (non-hydrogen) atoms. The van der Waals surface area contributed by atoms with Gasteiger partial charge in [-0.2, -0.15) is 5.26 Å². The summed E-state index contributed by atoms with van der Waals surface area (Å²) in [4.78, 5) is 2.13. The van der Waals surface area contributed by atoms with E-state index in [0.29, 0.717) is 12.5 Å². The minimum atomic E-state index is 0.0129. The summed E-state index contributed by atoms with van der Waals surface area (Å²) in [7, 11) is 0. The van der Waals surface area contributed by atoms with Crippen LogP contribution in [0.2, 0.25) is 0 Å². The molecule has 0 spiro atoms. The van der Waals surface area contributed by atoms with Crippen LogP contribution in [0.1, 0.15) is 20.8 Å². The molecule has 0 saturated carbocycles. The fourth-order valence-corrected chi connectivity index (χ4v) is 2.17. The first-order chi connectivity index (χ1) is 6.61. The maximum absolute atomic E-state index is 8.95. The van der Waals surface area contributed by atoms with Crippen LogP contribution in [0.5, 0.6) is 0 Å². The lowest BCUT2D eigenvalue weighted by molar-refractivity contribution is 0.223. The molecule has 3 nitrogen and oxygen atoms in total. The van der Waals surface area contributed by atoms with Crippen molar-refractivity contribution in [3.05, 3.63) is 11.3 Å². The van der Waals surface area contributed by atoms with Crippen LogP contribution in [0.25, 0.3) is 0 Å². The lowest BCUT2D eigenvalue weighted by Crippen LogP contribution is -2.27. The maximum Gasteiger partial charge on any atom is 0.0864 e. The molecule has 0 aromatic rings. The van der Waals surface area contributed by atoms with Crippen molar-refractivity contribution in [3.63, 3.8) is 0 Å². The average molecular weight is 194 g/mol. The van der Waals surface area contributed by atoms with E-state index in [-0.39, 0.29) is 12.5 Å². The average Bonchev–Trinajstić information content (AvgIpc) is 2.43. The molecule has 1 aliphatic heterocycles. The van der Waals surface area contributed by atoms with Crippen LogP contribution < -0.4 is 0 Å². The second-order valence-electron chi connectivity index (χ2n) is 4.07. The summed E-state index contributed by atoms with van der Waals surface area (Å²) in [5, 5.41) is 17.9. The number of hydrogen-bond acceptors (Lipinski definition) is 3. The molecule has 0 bridgehead atoms. The van der Waals surface area contributed by atoms with Gasteiger partial charge in [0.15, 0.2) is 0 Å². The minimum Gasteiger partial charge on any atom is -0.395 e. The molecule has 1 N–H and O–H groups in total. The first kappa shape index (κ1) is 11.1. The third-order valence-corrected chi connectivity index (χ3v) is 2.74. The van der Waals surface area contributed by atoms with Gasteiger partial charge in [-0.05, 0) is 18.4 Å². The molecule has 0 aromatic carbocycles. The van der Waals surface area contributed by atoms with Gasteiger partial charge in [0, 0.05) is 18.8 Å². The fourth-order valence-electron chi connectivity index (χ4n) is 2.17. The number of rotatable bonds is 3. The summed E-state index contributed by atoms with van der Waals surface area (Å²) >= 11 is 0. The molecule has 0 saturated heterocycles. The lowest BCUT2D eigenvalue weighted by atomic mass is 10.0. The van der Waals surface area contributed by atoms with Crippen LogP contribution in [-0.4, -0.2) is 29.7 Å². The molecule has 1 atom stereocenters. The zero-order valence-corrected chi connectivity index (χ0v) is 9.12. The SMILES string of the molecule is CC1=C(C(C)C)N(CCO)CC1C#N. The molecule has 78 valence electrons. The van der Waals surface area contributed by atoms with Gasteiger partial charge < -0.3 is 10.0 Å². The van der Waals surface area contributed by atoms with E-state index in [1.165, 1.54) is 11.3 Å². The third-order valence-electron chi connectivity index (χ3n) is 2.74. The largest absolute Gasteiger partial charge is 0.395 e. The first-order valence-electron chi connectivity index (χ1n) is 5.07. The molecular weight excluding hydrogens is 176 g/mol. The van der Waals surface area contributed by atoms with Crippen LogP contribution >= 0.6 is 0 Å². The van der Waals surface area contributed by atoms with Crippen molar-refractivity contribution in [1.82, 2.24) is 4.90 Å². The molecule has 1 unspecified atom stereocenters. The van der Waals surface area contributed by atoms with E-state index in [4.69, 9.17) is 10.4 Å². The molecular formula is C11H18N2O. The zero-order valence-electron chi connectivity index (χ0n) is 9.12. The maximum atomic E-state index is 8.95. The molecule has 3 heteroatoms. The van der Waals surface area contributed by atoms with Crippen molar-refractivity contribution >= 4 is 0 Å². The van der Waals surface area contributed by atoms with Crippen molar-refractivity contribution in [3.8, 4) is 6.07 Å². The van der Waals surface area contributed by atoms with Gasteiger partial charge in [0.1, 0.15) is 0 Å². The molecule has 0 fully saturated rings. The Hall–Kier alpha value is -1.01. The smallest absolute Gasteiger partial charge is 0.0864 e. The third kappa shape index (κ3) is 1.91. The highest BCUT2D eigenvalue weighted by molar-refractivity contribution is 5.27. The zero-order chi connectivity index (χ0) is 10.7. The highest BCUT2D eigenvalue weighted by atomic mass is 16.3. The Labute approximate surface area is 85.6 Å². The van der Waals surface area contributed by atoms with Gasteiger partial charge in [0.2, 0.25) is 0 Å². The van der Waals surface area contributed by atoms with Gasteiger partial charge in [-0.15, -0.1) is 0 Å². The van der Waals surface area contributed by atoms with E-state index in [9.17, 15) is 0 Å². The summed E-state index contributed by atoms with van der Waals surface area (Å²) in [6.07, 6.45) is 0. The van der Waals surface area contributed by atoms with Crippen molar-refractivity contribution in [2.75, 3.05) is 19.7 Å². The van der Waals surface area contributed by atoms with E-state index in [1.54, 1.807) is 0 Å². The van der Waals surface area contributed by atoms with Gasteiger partial charge in [-0.25, -0.2) is 0 Å². The molecule has 0 radical (unpaired) electrons. The van der Waals surface area contributed by atoms with Gasteiger partial charge in [-0.3, -0.25) is 0 Å². The monoisotopic (exact) mass is 194 g/mol. The van der Waals surface area contributed by atoms with Crippen LogP contribution in [0.3, 0.4) is 0 Å². The Morgan fingerprint density at radius 1 is 1.64 bits per heavy atom. The summed E-state index contributed by atoms with van der Waals surface area (Å²) in [5.74, 6) is 0.443. The number of allylic oxidation sites excluding steroid dienone is 1. The lowest BCUT2D eigenvalue weighted by Gasteiger charge is -2.24. The van der Waals surface area contributed by atoms with Gasteiger partial charge in [0.25, 0.3) is 0 Å². The second-order valence-corrected chi connectivity index (χ2v) is 4.07. The molecule has 0 amide bonds. The number of hydrogen-bond donors (Lipinski definition) is 1. The van der Waals surface area contributed by atoms with Gasteiger partial charge in [0.05, 0.1) is 18.6 Å². The summed E-state index contributed by atoms with van der Waals surface area (Å²) in [6.45, 7) is 7.83. The van der Waals surface area contributed by atoms with E-state index in [2.05, 4.69) is 24.8 Å². The van der Waals surface area contributed by atoms with Crippen LogP contribution in [0, 0.1) is 23.2 Å². The number of aliphatic hydroxyl groups is 1. The van der Waals surface area contributed by atoms with Gasteiger partial charge in [-0.1, -0.05) is 13.8 Å². The molecule has 1 aliphatic rings. The second kappa shape index (κ2) is 4.47. The fraction of sp³-hybridized carbons (Fsp3) is 0.727. The quantitative estimate of drug-likeness (QED) is 0.738. The van der Waals surface area contributed by atoms with Crippen LogP contribution in [-0.2, 0) is 0 Å². The Morgan fingerprint density at radius 2 is 2.29 bits per heavy atom. The molecule has 0 aromatic heterocycles.